The fourth-order valence-corrected chi connectivity index (χ4v) is 2.19. The van der Waals surface area contributed by atoms with Crippen molar-refractivity contribution in [3.05, 3.63) is 35.4 Å². The van der Waals surface area contributed by atoms with E-state index in [4.69, 9.17) is 10.5 Å². The van der Waals surface area contributed by atoms with Crippen LogP contribution < -0.4 is 11.1 Å². The van der Waals surface area contributed by atoms with Gasteiger partial charge in [0.05, 0.1) is 6.61 Å². The second kappa shape index (κ2) is 6.15. The Kier molecular flexibility index (Phi) is 4.54. The first kappa shape index (κ1) is 12.6. The third kappa shape index (κ3) is 3.53. The van der Waals surface area contributed by atoms with Crippen molar-refractivity contribution < 1.29 is 4.74 Å². The molecule has 0 aliphatic carbocycles. The summed E-state index contributed by atoms with van der Waals surface area (Å²) in [6.07, 6.45) is 1.18. The molecule has 0 radical (unpaired) electrons. The Morgan fingerprint density at radius 1 is 1.35 bits per heavy atom. The quantitative estimate of drug-likeness (QED) is 0.814. The summed E-state index contributed by atoms with van der Waals surface area (Å²) in [7, 11) is 0. The molecule has 2 unspecified atom stereocenters. The van der Waals surface area contributed by atoms with Gasteiger partial charge in [0, 0.05) is 25.7 Å². The van der Waals surface area contributed by atoms with Gasteiger partial charge in [0.15, 0.2) is 0 Å². The lowest BCUT2D eigenvalue weighted by molar-refractivity contribution is 0.178. The molecule has 1 aliphatic heterocycles. The molecule has 1 saturated heterocycles. The summed E-state index contributed by atoms with van der Waals surface area (Å²) in [5, 5.41) is 3.57. The highest BCUT2D eigenvalue weighted by Crippen LogP contribution is 2.16. The Morgan fingerprint density at radius 3 is 2.65 bits per heavy atom. The van der Waals surface area contributed by atoms with E-state index in [0.29, 0.717) is 18.5 Å². The lowest BCUT2D eigenvalue weighted by atomic mass is 10.0. The minimum absolute atomic E-state index is 0.520. The predicted molar refractivity (Wildman–Crippen MR) is 69.6 cm³/mol. The minimum atomic E-state index is 0.520. The summed E-state index contributed by atoms with van der Waals surface area (Å²) in [6, 6.07) is 9.01. The monoisotopic (exact) mass is 234 g/mol. The Hall–Kier alpha value is -0.900. The molecule has 0 bridgehead atoms. The van der Waals surface area contributed by atoms with Crippen LogP contribution in [0.1, 0.15) is 24.5 Å². The smallest absolute Gasteiger partial charge is 0.0509 e. The lowest BCUT2D eigenvalue weighted by Crippen LogP contribution is -2.33. The zero-order valence-corrected chi connectivity index (χ0v) is 10.5. The standard InChI is InChI=1S/C14H22N2O/c1-11(14-6-7-17-10-14)16-9-13-4-2-12(8-15)3-5-13/h2-5,11,14,16H,6-10,15H2,1H3. The largest absolute Gasteiger partial charge is 0.381 e. The minimum Gasteiger partial charge on any atom is -0.381 e. The average molecular weight is 234 g/mol. The normalized spacial score (nSPS) is 21.6. The molecular formula is C14H22N2O. The van der Waals surface area contributed by atoms with E-state index in [1.807, 2.05) is 0 Å². The van der Waals surface area contributed by atoms with E-state index >= 15 is 0 Å². The summed E-state index contributed by atoms with van der Waals surface area (Å²) in [5.41, 5.74) is 8.07. The molecule has 1 aromatic rings. The van der Waals surface area contributed by atoms with Crippen LogP contribution in [0.2, 0.25) is 0 Å². The van der Waals surface area contributed by atoms with Crippen LogP contribution in [0.15, 0.2) is 24.3 Å². The van der Waals surface area contributed by atoms with Gasteiger partial charge in [-0.25, -0.2) is 0 Å². The molecule has 0 spiro atoms. The van der Waals surface area contributed by atoms with Gasteiger partial charge in [-0.3, -0.25) is 0 Å². The van der Waals surface area contributed by atoms with E-state index in [1.54, 1.807) is 0 Å². The number of ether oxygens (including phenoxy) is 1. The summed E-state index contributed by atoms with van der Waals surface area (Å²) < 4.78 is 5.41. The molecule has 94 valence electrons. The van der Waals surface area contributed by atoms with Crippen molar-refractivity contribution in [2.45, 2.75) is 32.5 Å². The van der Waals surface area contributed by atoms with Gasteiger partial charge in [-0.05, 0) is 30.4 Å². The fourth-order valence-electron chi connectivity index (χ4n) is 2.19. The Bertz CT molecular complexity index is 331. The SMILES string of the molecule is CC(NCc1ccc(CN)cc1)C1CCOC1. The topological polar surface area (TPSA) is 47.3 Å². The van der Waals surface area contributed by atoms with Crippen molar-refractivity contribution in [2.75, 3.05) is 13.2 Å². The second-order valence-electron chi connectivity index (χ2n) is 4.81. The van der Waals surface area contributed by atoms with Crippen LogP contribution in [0.3, 0.4) is 0 Å². The highest BCUT2D eigenvalue weighted by molar-refractivity contribution is 5.22. The van der Waals surface area contributed by atoms with Crippen molar-refractivity contribution in [1.29, 1.82) is 0 Å². The van der Waals surface area contributed by atoms with Gasteiger partial charge in [-0.2, -0.15) is 0 Å². The number of hydrogen-bond acceptors (Lipinski definition) is 3. The van der Waals surface area contributed by atoms with E-state index in [1.165, 1.54) is 17.5 Å². The van der Waals surface area contributed by atoms with Gasteiger partial charge in [0.2, 0.25) is 0 Å². The lowest BCUT2D eigenvalue weighted by Gasteiger charge is -2.19. The van der Waals surface area contributed by atoms with Gasteiger partial charge in [0.25, 0.3) is 0 Å². The molecule has 3 N–H and O–H groups in total. The average Bonchev–Trinajstić information content (AvgIpc) is 2.90. The summed E-state index contributed by atoms with van der Waals surface area (Å²) >= 11 is 0. The maximum Gasteiger partial charge on any atom is 0.0509 e. The number of nitrogens with two attached hydrogens (primary N) is 1. The third-order valence-electron chi connectivity index (χ3n) is 3.56. The van der Waals surface area contributed by atoms with Crippen LogP contribution in [0.4, 0.5) is 0 Å². The van der Waals surface area contributed by atoms with Crippen molar-refractivity contribution in [2.24, 2.45) is 11.7 Å². The summed E-state index contributed by atoms with van der Waals surface area (Å²) in [6.45, 7) is 5.60. The first-order valence-corrected chi connectivity index (χ1v) is 6.38. The molecule has 1 aromatic carbocycles. The Balaban J connectivity index is 1.80. The van der Waals surface area contributed by atoms with Gasteiger partial charge in [-0.15, -0.1) is 0 Å². The first-order chi connectivity index (χ1) is 8.29. The molecule has 2 rings (SSSR count). The molecule has 1 fully saturated rings. The molecule has 3 nitrogen and oxygen atoms in total. The van der Waals surface area contributed by atoms with Crippen LogP contribution in [0, 0.1) is 5.92 Å². The van der Waals surface area contributed by atoms with Gasteiger partial charge < -0.3 is 15.8 Å². The van der Waals surface area contributed by atoms with Crippen molar-refractivity contribution in [1.82, 2.24) is 5.32 Å². The second-order valence-corrected chi connectivity index (χ2v) is 4.81. The number of hydrogen-bond donors (Lipinski definition) is 2. The maximum absolute atomic E-state index is 5.58. The van der Waals surface area contributed by atoms with Crippen LogP contribution in [-0.2, 0) is 17.8 Å². The molecule has 1 aliphatic rings. The van der Waals surface area contributed by atoms with E-state index in [-0.39, 0.29) is 0 Å². The third-order valence-corrected chi connectivity index (χ3v) is 3.56. The molecule has 2 atom stereocenters. The number of rotatable bonds is 5. The molecule has 0 saturated carbocycles. The zero-order chi connectivity index (χ0) is 12.1. The maximum atomic E-state index is 5.58. The van der Waals surface area contributed by atoms with Crippen molar-refractivity contribution in [3.8, 4) is 0 Å². The zero-order valence-electron chi connectivity index (χ0n) is 10.5. The first-order valence-electron chi connectivity index (χ1n) is 6.38. The fraction of sp³-hybridized carbons (Fsp3) is 0.571. The van der Waals surface area contributed by atoms with E-state index in [0.717, 1.165) is 19.8 Å². The molecular weight excluding hydrogens is 212 g/mol. The summed E-state index contributed by atoms with van der Waals surface area (Å²) in [5.74, 6) is 0.665. The van der Waals surface area contributed by atoms with Crippen LogP contribution >= 0.6 is 0 Å². The van der Waals surface area contributed by atoms with Crippen LogP contribution in [0.25, 0.3) is 0 Å². The van der Waals surface area contributed by atoms with E-state index in [2.05, 4.69) is 36.5 Å². The molecule has 0 amide bonds. The molecule has 0 aromatic heterocycles. The highest BCUT2D eigenvalue weighted by atomic mass is 16.5. The predicted octanol–water partition coefficient (Wildman–Crippen LogP) is 1.66. The Morgan fingerprint density at radius 2 is 2.06 bits per heavy atom. The Labute approximate surface area is 103 Å². The van der Waals surface area contributed by atoms with E-state index in [9.17, 15) is 0 Å². The van der Waals surface area contributed by atoms with Crippen molar-refractivity contribution in [3.63, 3.8) is 0 Å². The molecule has 1 heterocycles. The summed E-state index contributed by atoms with van der Waals surface area (Å²) in [4.78, 5) is 0. The highest BCUT2D eigenvalue weighted by Gasteiger charge is 2.21. The number of nitrogens with one attached hydrogen (secondary N) is 1. The van der Waals surface area contributed by atoms with Gasteiger partial charge >= 0.3 is 0 Å². The molecule has 17 heavy (non-hydrogen) atoms. The van der Waals surface area contributed by atoms with Gasteiger partial charge in [-0.1, -0.05) is 24.3 Å². The van der Waals surface area contributed by atoms with Crippen LogP contribution in [-0.4, -0.2) is 19.3 Å². The van der Waals surface area contributed by atoms with Gasteiger partial charge in [0.1, 0.15) is 0 Å². The molecule has 3 heteroatoms. The van der Waals surface area contributed by atoms with Crippen LogP contribution in [0.5, 0.6) is 0 Å². The number of benzene rings is 1. The van der Waals surface area contributed by atoms with Crippen molar-refractivity contribution >= 4 is 0 Å². The van der Waals surface area contributed by atoms with E-state index < -0.39 is 0 Å².